The summed E-state index contributed by atoms with van der Waals surface area (Å²) in [7, 11) is -4.04. The number of nitrogens with zero attached hydrogens (tertiary/aromatic N) is 1. The van der Waals surface area contributed by atoms with Gasteiger partial charge >= 0.3 is 5.97 Å². The minimum absolute atomic E-state index is 0.147. The van der Waals surface area contributed by atoms with Crippen molar-refractivity contribution in [3.63, 3.8) is 0 Å². The van der Waals surface area contributed by atoms with Gasteiger partial charge in [0.1, 0.15) is 18.4 Å². The van der Waals surface area contributed by atoms with Gasteiger partial charge in [-0.15, -0.1) is 0 Å². The van der Waals surface area contributed by atoms with E-state index >= 15 is 0 Å². The standard InChI is InChI=1S/C15H19N3O7S/c1-9-8-18(10(2)19)12-5-11(3-4-13(12)25-9)26(23,24)17-6-14(20)16-7-15(21)22/h3-5,9,17H,6-8H2,1-2H3,(H,16,20)(H,21,22). The summed E-state index contributed by atoms with van der Waals surface area (Å²) in [5, 5.41) is 10.5. The van der Waals surface area contributed by atoms with Crippen molar-refractivity contribution in [2.45, 2.75) is 24.8 Å². The third kappa shape index (κ3) is 4.70. The molecule has 26 heavy (non-hydrogen) atoms. The Morgan fingerprint density at radius 3 is 2.62 bits per heavy atom. The van der Waals surface area contributed by atoms with E-state index in [-0.39, 0.29) is 23.5 Å². The van der Waals surface area contributed by atoms with Gasteiger partial charge in [0.05, 0.1) is 23.7 Å². The van der Waals surface area contributed by atoms with E-state index in [1.807, 2.05) is 5.32 Å². The highest BCUT2D eigenvalue weighted by Gasteiger charge is 2.28. The van der Waals surface area contributed by atoms with Crippen LogP contribution in [0.1, 0.15) is 13.8 Å². The van der Waals surface area contributed by atoms with Gasteiger partial charge in [-0.1, -0.05) is 0 Å². The van der Waals surface area contributed by atoms with Gasteiger partial charge in [0, 0.05) is 6.92 Å². The Kier molecular flexibility index (Phi) is 5.83. The van der Waals surface area contributed by atoms with Crippen LogP contribution in [0.15, 0.2) is 23.1 Å². The van der Waals surface area contributed by atoms with Crippen LogP contribution < -0.4 is 19.7 Å². The van der Waals surface area contributed by atoms with Crippen LogP contribution in [-0.4, -0.2) is 57.0 Å². The molecule has 0 aromatic heterocycles. The molecule has 142 valence electrons. The highest BCUT2D eigenvalue weighted by atomic mass is 32.2. The van der Waals surface area contributed by atoms with Gasteiger partial charge in [-0.2, -0.15) is 0 Å². The first-order valence-electron chi connectivity index (χ1n) is 7.67. The maximum Gasteiger partial charge on any atom is 0.322 e. The van der Waals surface area contributed by atoms with Crippen LogP contribution in [0.5, 0.6) is 5.75 Å². The zero-order valence-corrected chi connectivity index (χ0v) is 15.0. The molecule has 10 nitrogen and oxygen atoms in total. The van der Waals surface area contributed by atoms with Gasteiger partial charge in [0.15, 0.2) is 0 Å². The van der Waals surface area contributed by atoms with Crippen LogP contribution in [0.3, 0.4) is 0 Å². The van der Waals surface area contributed by atoms with Crippen LogP contribution in [0, 0.1) is 0 Å². The molecule has 0 spiro atoms. The molecule has 2 amide bonds. The molecule has 1 aliphatic heterocycles. The Morgan fingerprint density at radius 1 is 1.31 bits per heavy atom. The number of hydrogen-bond acceptors (Lipinski definition) is 6. The van der Waals surface area contributed by atoms with Gasteiger partial charge in [-0.25, -0.2) is 13.1 Å². The second-order valence-corrected chi connectivity index (χ2v) is 7.45. The van der Waals surface area contributed by atoms with E-state index in [4.69, 9.17) is 9.84 Å². The summed E-state index contributed by atoms with van der Waals surface area (Å²) < 4.78 is 32.4. The fraction of sp³-hybridized carbons (Fsp3) is 0.400. The molecule has 1 aromatic carbocycles. The average Bonchev–Trinajstić information content (AvgIpc) is 2.56. The van der Waals surface area contributed by atoms with Crippen LogP contribution in [-0.2, 0) is 24.4 Å². The SMILES string of the molecule is CC(=O)N1CC(C)Oc2ccc(S(=O)(=O)NCC(=O)NCC(=O)O)cc21. The summed E-state index contributed by atoms with van der Waals surface area (Å²) in [4.78, 5) is 34.9. The monoisotopic (exact) mass is 385 g/mol. The number of carbonyl (C=O) groups excluding carboxylic acids is 2. The number of nitrogens with one attached hydrogen (secondary N) is 2. The highest BCUT2D eigenvalue weighted by molar-refractivity contribution is 7.89. The van der Waals surface area contributed by atoms with Crippen LogP contribution in [0.4, 0.5) is 5.69 Å². The minimum Gasteiger partial charge on any atom is -0.487 e. The number of aliphatic carboxylic acids is 1. The van der Waals surface area contributed by atoms with E-state index in [0.717, 1.165) is 0 Å². The quantitative estimate of drug-likeness (QED) is 0.588. The highest BCUT2D eigenvalue weighted by Crippen LogP contribution is 2.35. The number of sulfonamides is 1. The topological polar surface area (TPSA) is 142 Å². The lowest BCUT2D eigenvalue weighted by atomic mass is 10.2. The Hall–Kier alpha value is -2.66. The minimum atomic E-state index is -4.04. The van der Waals surface area contributed by atoms with E-state index in [2.05, 4.69) is 4.72 Å². The molecule has 0 radical (unpaired) electrons. The fourth-order valence-electron chi connectivity index (χ4n) is 2.36. The predicted octanol–water partition coefficient (Wildman–Crippen LogP) is -0.700. The Balaban J connectivity index is 2.18. The largest absolute Gasteiger partial charge is 0.487 e. The zero-order valence-electron chi connectivity index (χ0n) is 14.2. The molecule has 1 unspecified atom stereocenters. The maximum atomic E-state index is 12.3. The van der Waals surface area contributed by atoms with Crippen LogP contribution in [0.25, 0.3) is 0 Å². The summed E-state index contributed by atoms with van der Waals surface area (Å²) >= 11 is 0. The number of rotatable bonds is 6. The number of anilines is 1. The molecule has 1 aromatic rings. The number of hydrogen-bond donors (Lipinski definition) is 3. The predicted molar refractivity (Wildman–Crippen MR) is 90.4 cm³/mol. The average molecular weight is 385 g/mol. The van der Waals surface area contributed by atoms with Crippen molar-refractivity contribution in [1.82, 2.24) is 10.0 Å². The van der Waals surface area contributed by atoms with E-state index in [9.17, 15) is 22.8 Å². The molecule has 1 atom stereocenters. The van der Waals surface area contributed by atoms with E-state index in [1.165, 1.54) is 30.0 Å². The number of carboxylic acid groups (broad SMARTS) is 1. The number of amides is 2. The van der Waals surface area contributed by atoms with Gasteiger partial charge < -0.3 is 20.1 Å². The van der Waals surface area contributed by atoms with Gasteiger partial charge in [-0.3, -0.25) is 14.4 Å². The molecular weight excluding hydrogens is 366 g/mol. The van der Waals surface area contributed by atoms with E-state index < -0.39 is 35.0 Å². The molecule has 0 bridgehead atoms. The molecule has 0 fully saturated rings. The van der Waals surface area contributed by atoms with E-state index in [1.54, 1.807) is 6.92 Å². The number of fused-ring (bicyclic) bond motifs is 1. The third-order valence-corrected chi connectivity index (χ3v) is 4.94. The first-order valence-corrected chi connectivity index (χ1v) is 9.15. The van der Waals surface area contributed by atoms with Crippen molar-refractivity contribution in [2.24, 2.45) is 0 Å². The summed E-state index contributed by atoms with van der Waals surface area (Å²) in [6.07, 6.45) is -0.232. The number of benzene rings is 1. The molecule has 2 rings (SSSR count). The maximum absolute atomic E-state index is 12.3. The Bertz CT molecular complexity index is 838. The first-order chi connectivity index (χ1) is 12.1. The van der Waals surface area contributed by atoms with Crippen molar-refractivity contribution in [1.29, 1.82) is 0 Å². The fourth-order valence-corrected chi connectivity index (χ4v) is 3.36. The normalized spacial score (nSPS) is 16.4. The van der Waals surface area contributed by atoms with Crippen molar-refractivity contribution < 1.29 is 32.6 Å². The second kappa shape index (κ2) is 7.70. The molecule has 1 aliphatic rings. The van der Waals surface area contributed by atoms with Gasteiger partial charge in [0.2, 0.25) is 21.8 Å². The smallest absolute Gasteiger partial charge is 0.322 e. The summed E-state index contributed by atoms with van der Waals surface area (Å²) in [6, 6.07) is 4.03. The zero-order chi connectivity index (χ0) is 19.5. The number of carboxylic acids is 1. The Morgan fingerprint density at radius 2 is 2.00 bits per heavy atom. The first kappa shape index (κ1) is 19.7. The van der Waals surface area contributed by atoms with Crippen molar-refractivity contribution in [3.8, 4) is 5.75 Å². The third-order valence-electron chi connectivity index (χ3n) is 3.54. The van der Waals surface area contributed by atoms with Gasteiger partial charge in [-0.05, 0) is 25.1 Å². The molecule has 0 saturated carbocycles. The van der Waals surface area contributed by atoms with Crippen molar-refractivity contribution in [3.05, 3.63) is 18.2 Å². The molecule has 3 N–H and O–H groups in total. The number of carbonyl (C=O) groups is 3. The van der Waals surface area contributed by atoms with E-state index in [0.29, 0.717) is 11.4 Å². The van der Waals surface area contributed by atoms with Crippen molar-refractivity contribution in [2.75, 3.05) is 24.5 Å². The lowest BCUT2D eigenvalue weighted by Gasteiger charge is -2.33. The molecule has 0 aliphatic carbocycles. The lowest BCUT2D eigenvalue weighted by molar-refractivity contribution is -0.137. The summed E-state index contributed by atoms with van der Waals surface area (Å²) in [5.74, 6) is -1.89. The van der Waals surface area contributed by atoms with Gasteiger partial charge in [0.25, 0.3) is 0 Å². The lowest BCUT2D eigenvalue weighted by Crippen LogP contribution is -2.41. The molecular formula is C15H19N3O7S. The van der Waals surface area contributed by atoms with Crippen molar-refractivity contribution >= 4 is 33.5 Å². The molecule has 1 heterocycles. The summed E-state index contributed by atoms with van der Waals surface area (Å²) in [5.41, 5.74) is 0.328. The van der Waals surface area contributed by atoms with Crippen LogP contribution >= 0.6 is 0 Å². The molecule has 0 saturated heterocycles. The second-order valence-electron chi connectivity index (χ2n) is 5.68. The number of ether oxygens (including phenoxy) is 1. The summed E-state index contributed by atoms with van der Waals surface area (Å²) in [6.45, 7) is 2.23. The molecule has 11 heteroatoms. The van der Waals surface area contributed by atoms with Crippen LogP contribution in [0.2, 0.25) is 0 Å². The Labute approximate surface area is 150 Å².